The van der Waals surface area contributed by atoms with Gasteiger partial charge in [0, 0.05) is 55.5 Å². The summed E-state index contributed by atoms with van der Waals surface area (Å²) < 4.78 is 43.3. The number of carbonyl (C=O) groups excluding carboxylic acids is 1. The van der Waals surface area contributed by atoms with Crippen LogP contribution in [0.5, 0.6) is 0 Å². The zero-order chi connectivity index (χ0) is 24.6. The van der Waals surface area contributed by atoms with Crippen molar-refractivity contribution in [2.75, 3.05) is 35.8 Å². The molecule has 1 amide bonds. The average molecular weight is 515 g/mol. The molecule has 12 heteroatoms. The summed E-state index contributed by atoms with van der Waals surface area (Å²) in [5, 5.41) is 2.47. The Hall–Kier alpha value is -3.51. The lowest BCUT2D eigenvalue weighted by Gasteiger charge is -2.36. The van der Waals surface area contributed by atoms with Crippen LogP contribution in [0.2, 0.25) is 0 Å². The Labute approximate surface area is 205 Å². The molecule has 0 aliphatic carbocycles. The van der Waals surface area contributed by atoms with Crippen molar-refractivity contribution in [3.8, 4) is 0 Å². The summed E-state index contributed by atoms with van der Waals surface area (Å²) in [6, 6.07) is 9.25. The number of rotatable bonds is 6. The smallest absolute Gasteiger partial charge is 0.265 e. The van der Waals surface area contributed by atoms with E-state index in [9.17, 15) is 17.6 Å². The van der Waals surface area contributed by atoms with E-state index in [1.807, 2.05) is 17.9 Å². The maximum Gasteiger partial charge on any atom is 0.265 e. The predicted octanol–water partition coefficient (Wildman–Crippen LogP) is 3.34. The molecule has 5 rings (SSSR count). The summed E-state index contributed by atoms with van der Waals surface area (Å²) >= 11 is 1.19. The number of benzene rings is 1. The summed E-state index contributed by atoms with van der Waals surface area (Å²) in [5.41, 5.74) is 0.688. The molecule has 0 unspecified atom stereocenters. The second-order valence-corrected chi connectivity index (χ2v) is 10.8. The molecule has 0 radical (unpaired) electrons. The Morgan fingerprint density at radius 1 is 1.11 bits per heavy atom. The van der Waals surface area contributed by atoms with Crippen molar-refractivity contribution in [1.82, 2.24) is 19.4 Å². The summed E-state index contributed by atoms with van der Waals surface area (Å²) in [6.45, 7) is 3.96. The molecule has 1 N–H and O–H groups in total. The van der Waals surface area contributed by atoms with E-state index < -0.39 is 16.1 Å². The minimum Gasteiger partial charge on any atom is -0.353 e. The Bertz CT molecular complexity index is 1450. The van der Waals surface area contributed by atoms with Crippen molar-refractivity contribution in [3.63, 3.8) is 0 Å². The molecule has 1 aliphatic heterocycles. The number of fused-ring (bicyclic) bond motifs is 1. The number of nitrogens with zero attached hydrogens (tertiary/aromatic N) is 5. The van der Waals surface area contributed by atoms with Crippen LogP contribution in [0.4, 0.5) is 15.3 Å². The summed E-state index contributed by atoms with van der Waals surface area (Å²) in [4.78, 5) is 25.3. The Morgan fingerprint density at radius 2 is 1.91 bits per heavy atom. The van der Waals surface area contributed by atoms with Gasteiger partial charge >= 0.3 is 0 Å². The molecule has 4 aromatic rings. The molecular formula is C23H23FN6O3S2. The van der Waals surface area contributed by atoms with Crippen LogP contribution in [0.25, 0.3) is 10.9 Å². The van der Waals surface area contributed by atoms with Crippen LogP contribution in [-0.4, -0.2) is 59.9 Å². The molecule has 1 aromatic carbocycles. The highest BCUT2D eigenvalue weighted by atomic mass is 32.2. The first-order valence-electron chi connectivity index (χ1n) is 11.0. The molecule has 4 heterocycles. The third-order valence-electron chi connectivity index (χ3n) is 6.08. The normalized spacial score (nSPS) is 15.4. The molecule has 182 valence electrons. The summed E-state index contributed by atoms with van der Waals surface area (Å²) in [5.74, 6) is 0.305. The molecule has 0 saturated carbocycles. The highest BCUT2D eigenvalue weighted by Crippen LogP contribution is 2.25. The van der Waals surface area contributed by atoms with Gasteiger partial charge in [-0.3, -0.25) is 9.52 Å². The van der Waals surface area contributed by atoms with Crippen molar-refractivity contribution in [2.45, 2.75) is 17.9 Å². The molecule has 1 atom stereocenters. The number of halogens is 1. The lowest BCUT2D eigenvalue weighted by atomic mass is 10.2. The van der Waals surface area contributed by atoms with Gasteiger partial charge in [0.05, 0.1) is 5.52 Å². The molecule has 1 fully saturated rings. The van der Waals surface area contributed by atoms with Crippen LogP contribution in [0.3, 0.4) is 0 Å². The third kappa shape index (κ3) is 4.58. The van der Waals surface area contributed by atoms with Gasteiger partial charge in [-0.25, -0.2) is 22.8 Å². The second kappa shape index (κ2) is 9.27. The second-order valence-electron chi connectivity index (χ2n) is 8.18. The summed E-state index contributed by atoms with van der Waals surface area (Å²) in [7, 11) is -3.76. The summed E-state index contributed by atoms with van der Waals surface area (Å²) in [6.07, 6.45) is 4.59. The van der Waals surface area contributed by atoms with Crippen LogP contribution >= 0.6 is 11.3 Å². The number of piperazine rings is 1. The highest BCUT2D eigenvalue weighted by molar-refractivity contribution is 7.93. The fraction of sp³-hybridized carbons (Fsp3) is 0.261. The first-order valence-corrected chi connectivity index (χ1v) is 13.4. The molecule has 1 saturated heterocycles. The fourth-order valence-electron chi connectivity index (χ4n) is 4.19. The number of amides is 1. The standard InChI is InChI=1S/C23H23FN6O3S2/c1-16(30-9-7-18-19(24)3-2-4-20(18)30)22(31)29-12-10-28(11-13-29)21-6-5-17(15-26-21)35(32,33)27-23-25-8-14-34-23/h2-9,14-16H,10-13H2,1H3,(H,25,27)/t16-/m0/s1. The van der Waals surface area contributed by atoms with Crippen molar-refractivity contribution in [1.29, 1.82) is 0 Å². The molecule has 3 aromatic heterocycles. The van der Waals surface area contributed by atoms with Crippen LogP contribution < -0.4 is 9.62 Å². The van der Waals surface area contributed by atoms with E-state index in [1.165, 1.54) is 35.9 Å². The number of anilines is 2. The first kappa shape index (κ1) is 23.2. The minimum atomic E-state index is -3.76. The third-order valence-corrected chi connectivity index (χ3v) is 8.23. The molecule has 1 aliphatic rings. The number of hydrogen-bond donors (Lipinski definition) is 1. The van der Waals surface area contributed by atoms with Gasteiger partial charge in [-0.1, -0.05) is 6.07 Å². The number of hydrogen-bond acceptors (Lipinski definition) is 7. The van der Waals surface area contributed by atoms with Crippen molar-refractivity contribution >= 4 is 49.1 Å². The van der Waals surface area contributed by atoms with Crippen LogP contribution in [0.1, 0.15) is 13.0 Å². The number of nitrogens with one attached hydrogen (secondary N) is 1. The van der Waals surface area contributed by atoms with E-state index in [1.54, 1.807) is 39.2 Å². The largest absolute Gasteiger partial charge is 0.353 e. The molecule has 0 spiro atoms. The van der Waals surface area contributed by atoms with Gasteiger partial charge in [0.2, 0.25) is 5.91 Å². The fourth-order valence-corrected chi connectivity index (χ4v) is 5.93. The van der Waals surface area contributed by atoms with E-state index in [0.717, 1.165) is 0 Å². The van der Waals surface area contributed by atoms with E-state index >= 15 is 0 Å². The monoisotopic (exact) mass is 514 g/mol. The van der Waals surface area contributed by atoms with E-state index in [-0.39, 0.29) is 16.6 Å². The molecule has 35 heavy (non-hydrogen) atoms. The average Bonchev–Trinajstić information content (AvgIpc) is 3.54. The van der Waals surface area contributed by atoms with E-state index in [2.05, 4.69) is 14.7 Å². The van der Waals surface area contributed by atoms with E-state index in [0.29, 0.717) is 48.0 Å². The number of thiazole rings is 1. The number of pyridine rings is 1. The van der Waals surface area contributed by atoms with Crippen LogP contribution in [0.15, 0.2) is 65.3 Å². The van der Waals surface area contributed by atoms with Gasteiger partial charge in [-0.15, -0.1) is 11.3 Å². The SMILES string of the molecule is C[C@@H](C(=O)N1CCN(c2ccc(S(=O)(=O)Nc3nccs3)cn2)CC1)n1ccc2c(F)cccc21. The van der Waals surface area contributed by atoms with Gasteiger partial charge in [0.25, 0.3) is 10.0 Å². The number of aromatic nitrogens is 3. The van der Waals surface area contributed by atoms with E-state index in [4.69, 9.17) is 0 Å². The molecular weight excluding hydrogens is 491 g/mol. The van der Waals surface area contributed by atoms with Gasteiger partial charge < -0.3 is 14.4 Å². The minimum absolute atomic E-state index is 0.0333. The Balaban J connectivity index is 1.22. The maximum absolute atomic E-state index is 14.0. The van der Waals surface area contributed by atoms with Crippen molar-refractivity contribution < 1.29 is 17.6 Å². The van der Waals surface area contributed by atoms with Gasteiger partial charge in [-0.05, 0) is 37.3 Å². The topological polar surface area (TPSA) is 100 Å². The molecule has 9 nitrogen and oxygen atoms in total. The predicted molar refractivity (Wildman–Crippen MR) is 133 cm³/mol. The maximum atomic E-state index is 14.0. The lowest BCUT2D eigenvalue weighted by Crippen LogP contribution is -2.50. The molecule has 0 bridgehead atoms. The number of sulfonamides is 1. The van der Waals surface area contributed by atoms with Crippen LogP contribution in [-0.2, 0) is 14.8 Å². The number of carbonyl (C=O) groups is 1. The van der Waals surface area contributed by atoms with Crippen molar-refractivity contribution in [2.24, 2.45) is 0 Å². The highest BCUT2D eigenvalue weighted by Gasteiger charge is 2.27. The van der Waals surface area contributed by atoms with Gasteiger partial charge in [-0.2, -0.15) is 0 Å². The zero-order valence-corrected chi connectivity index (χ0v) is 20.5. The quantitative estimate of drug-likeness (QED) is 0.424. The first-order chi connectivity index (χ1) is 16.8. The van der Waals surface area contributed by atoms with Gasteiger partial charge in [0.15, 0.2) is 5.13 Å². The van der Waals surface area contributed by atoms with Gasteiger partial charge in [0.1, 0.15) is 22.6 Å². The zero-order valence-electron chi connectivity index (χ0n) is 18.8. The Kier molecular flexibility index (Phi) is 6.15. The Morgan fingerprint density at radius 3 is 2.60 bits per heavy atom. The lowest BCUT2D eigenvalue weighted by molar-refractivity contribution is -0.134. The van der Waals surface area contributed by atoms with Crippen molar-refractivity contribution in [3.05, 3.63) is 66.2 Å². The van der Waals surface area contributed by atoms with Crippen LogP contribution in [0, 0.1) is 5.82 Å².